The number of thiol groups is 1. The maximum absolute atomic E-state index is 13.0. The summed E-state index contributed by atoms with van der Waals surface area (Å²) in [6, 6.07) is 7.67. The number of ketones is 1. The van der Waals surface area contributed by atoms with E-state index >= 15 is 0 Å². The van der Waals surface area contributed by atoms with Crippen LogP contribution < -0.4 is 0 Å². The van der Waals surface area contributed by atoms with E-state index in [0.29, 0.717) is 37.1 Å². The summed E-state index contributed by atoms with van der Waals surface area (Å²) in [6.07, 6.45) is 5.05. The van der Waals surface area contributed by atoms with Crippen LogP contribution in [-0.4, -0.2) is 41.3 Å². The van der Waals surface area contributed by atoms with Crippen molar-refractivity contribution < 1.29 is 24.5 Å². The quantitative estimate of drug-likeness (QED) is 0.134. The van der Waals surface area contributed by atoms with Crippen molar-refractivity contribution in [3.8, 4) is 11.8 Å². The first-order valence-corrected chi connectivity index (χ1v) is 13.2. The third-order valence-corrected chi connectivity index (χ3v) is 8.04. The first-order valence-electron chi connectivity index (χ1n) is 12.4. The normalized spacial score (nSPS) is 26.9. The highest BCUT2D eigenvalue weighted by atomic mass is 35.5. The summed E-state index contributed by atoms with van der Waals surface area (Å²) < 4.78 is 4.62. The van der Waals surface area contributed by atoms with Gasteiger partial charge >= 0.3 is 5.97 Å². The lowest BCUT2D eigenvalue weighted by molar-refractivity contribution is -0.140. The molecule has 5 atom stereocenters. The van der Waals surface area contributed by atoms with E-state index in [-0.39, 0.29) is 17.7 Å². The molecule has 2 aliphatic rings. The van der Waals surface area contributed by atoms with Gasteiger partial charge in [0.2, 0.25) is 0 Å². The van der Waals surface area contributed by atoms with E-state index < -0.39 is 29.5 Å². The Morgan fingerprint density at radius 1 is 1.33 bits per heavy atom. The topological polar surface area (TPSA) is 83.8 Å². The van der Waals surface area contributed by atoms with Crippen molar-refractivity contribution in [2.45, 2.75) is 69.5 Å². The predicted octanol–water partition coefficient (Wildman–Crippen LogP) is 5.19. The average Bonchev–Trinajstić information content (AvgIpc) is 3.59. The standard InChI is InChI=1S/C29H35ClO5S/c1-29(2)27(33)20(10-6-4-5-7-13-25(32)35-3)21(28(29)34)15-14-19(31)16-18-17-23(18)26(30)22-11-8-9-12-24(22)36/h8-9,11-12,14-15,18-21,28,31,34,36H,5,7,10,13,16-17H2,1-3H3/b15-14+,26-23-/t18?,19?,20-,21-,28+/m1/s1. The van der Waals surface area contributed by atoms with Gasteiger partial charge in [0.25, 0.3) is 0 Å². The van der Waals surface area contributed by atoms with Crippen LogP contribution in [0.3, 0.4) is 0 Å². The van der Waals surface area contributed by atoms with Crippen molar-refractivity contribution in [2.75, 3.05) is 7.11 Å². The minimum atomic E-state index is -0.878. The second kappa shape index (κ2) is 12.5. The smallest absolute Gasteiger partial charge is 0.305 e. The molecule has 0 amide bonds. The summed E-state index contributed by atoms with van der Waals surface area (Å²) >= 11 is 11.1. The number of halogens is 1. The highest BCUT2D eigenvalue weighted by Gasteiger charge is 2.53. The van der Waals surface area contributed by atoms with Gasteiger partial charge in [0.05, 0.1) is 24.7 Å². The maximum Gasteiger partial charge on any atom is 0.305 e. The summed E-state index contributed by atoms with van der Waals surface area (Å²) in [5.41, 5.74) is 1.13. The van der Waals surface area contributed by atoms with Crippen LogP contribution in [0, 0.1) is 35.0 Å². The van der Waals surface area contributed by atoms with Crippen LogP contribution >= 0.6 is 24.2 Å². The molecule has 36 heavy (non-hydrogen) atoms. The summed E-state index contributed by atoms with van der Waals surface area (Å²) in [6.45, 7) is 3.51. The zero-order valence-electron chi connectivity index (χ0n) is 21.0. The molecule has 7 heteroatoms. The van der Waals surface area contributed by atoms with Crippen LogP contribution in [0.25, 0.3) is 5.03 Å². The number of carbonyl (C=O) groups is 2. The summed E-state index contributed by atoms with van der Waals surface area (Å²) in [7, 11) is 1.36. The number of rotatable bonds is 9. The number of hydrogen-bond acceptors (Lipinski definition) is 6. The predicted molar refractivity (Wildman–Crippen MR) is 144 cm³/mol. The molecule has 0 spiro atoms. The molecule has 2 fully saturated rings. The van der Waals surface area contributed by atoms with Gasteiger partial charge in [-0.1, -0.05) is 55.8 Å². The number of methoxy groups -OCH3 is 1. The molecule has 2 unspecified atom stereocenters. The van der Waals surface area contributed by atoms with Crippen molar-refractivity contribution in [1.29, 1.82) is 0 Å². The summed E-state index contributed by atoms with van der Waals surface area (Å²) in [4.78, 5) is 25.0. The minimum Gasteiger partial charge on any atom is -0.469 e. The number of ether oxygens (including phenoxy) is 1. The fourth-order valence-electron chi connectivity index (χ4n) is 4.82. The van der Waals surface area contributed by atoms with Crippen molar-refractivity contribution in [1.82, 2.24) is 0 Å². The van der Waals surface area contributed by atoms with Crippen LogP contribution in [0.1, 0.15) is 57.9 Å². The number of unbranched alkanes of at least 4 members (excludes halogenated alkanes) is 1. The van der Waals surface area contributed by atoms with E-state index in [2.05, 4.69) is 29.2 Å². The van der Waals surface area contributed by atoms with Crippen molar-refractivity contribution in [3.05, 3.63) is 47.6 Å². The van der Waals surface area contributed by atoms with Gasteiger partial charge < -0.3 is 14.9 Å². The Hall–Kier alpha value is -2.04. The number of carbonyl (C=O) groups excluding carboxylic acids is 2. The Morgan fingerprint density at radius 2 is 2.06 bits per heavy atom. The minimum absolute atomic E-state index is 0.0207. The molecule has 0 radical (unpaired) electrons. The number of hydrogen-bond donors (Lipinski definition) is 3. The SMILES string of the molecule is COC(=O)CCCC#CC[C@H]1C(=O)C(C)(C)[C@@H](O)[C@@H]1/C=C/C(O)CC1C/C1=C(/Cl)c1ccccc1S. The second-order valence-electron chi connectivity index (χ2n) is 10.1. The van der Waals surface area contributed by atoms with Crippen LogP contribution in [0.2, 0.25) is 0 Å². The Labute approximate surface area is 224 Å². The molecule has 3 rings (SSSR count). The lowest BCUT2D eigenvalue weighted by Gasteiger charge is -2.22. The van der Waals surface area contributed by atoms with E-state index in [4.69, 9.17) is 11.6 Å². The Balaban J connectivity index is 1.60. The Kier molecular flexibility index (Phi) is 9.88. The molecule has 194 valence electrons. The van der Waals surface area contributed by atoms with Crippen molar-refractivity contribution >= 4 is 41.0 Å². The number of allylic oxidation sites excluding steroid dienone is 1. The van der Waals surface area contributed by atoms with Gasteiger partial charge in [-0.05, 0) is 36.8 Å². The van der Waals surface area contributed by atoms with Gasteiger partial charge in [0, 0.05) is 46.6 Å². The first-order chi connectivity index (χ1) is 17.1. The zero-order chi connectivity index (χ0) is 26.5. The average molecular weight is 531 g/mol. The molecule has 2 aliphatic carbocycles. The van der Waals surface area contributed by atoms with Crippen LogP contribution in [0.5, 0.6) is 0 Å². The fraction of sp³-hybridized carbons (Fsp3) is 0.517. The van der Waals surface area contributed by atoms with Gasteiger partial charge in [-0.15, -0.1) is 24.5 Å². The van der Waals surface area contributed by atoms with E-state index in [0.717, 1.165) is 22.5 Å². The van der Waals surface area contributed by atoms with Gasteiger partial charge in [0.15, 0.2) is 0 Å². The van der Waals surface area contributed by atoms with Gasteiger partial charge in [-0.3, -0.25) is 9.59 Å². The molecule has 0 aliphatic heterocycles. The first kappa shape index (κ1) is 28.5. The molecule has 2 N–H and O–H groups in total. The van der Waals surface area contributed by atoms with E-state index in [1.165, 1.54) is 7.11 Å². The molecule has 0 heterocycles. The second-order valence-corrected chi connectivity index (χ2v) is 11.0. The monoisotopic (exact) mass is 530 g/mol. The summed E-state index contributed by atoms with van der Waals surface area (Å²) in [5.74, 6) is 5.12. The van der Waals surface area contributed by atoms with E-state index in [1.54, 1.807) is 26.0 Å². The molecule has 0 saturated heterocycles. The maximum atomic E-state index is 13.0. The summed E-state index contributed by atoms with van der Waals surface area (Å²) in [5, 5.41) is 22.2. The molecule has 1 aromatic rings. The fourth-order valence-corrected chi connectivity index (χ4v) is 5.56. The molecule has 1 aromatic carbocycles. The molecular formula is C29H35ClO5S. The molecule has 0 aromatic heterocycles. The third kappa shape index (κ3) is 6.83. The number of aliphatic hydroxyl groups excluding tert-OH is 2. The third-order valence-electron chi connectivity index (χ3n) is 7.20. The van der Waals surface area contributed by atoms with Crippen LogP contribution in [-0.2, 0) is 14.3 Å². The molecule has 2 saturated carbocycles. The number of esters is 1. The zero-order valence-corrected chi connectivity index (χ0v) is 22.7. The number of Topliss-reactive ketones (excluding diaryl/α,β-unsaturated/α-hetero) is 1. The van der Waals surface area contributed by atoms with Crippen molar-refractivity contribution in [3.63, 3.8) is 0 Å². The highest BCUT2D eigenvalue weighted by molar-refractivity contribution is 7.80. The lowest BCUT2D eigenvalue weighted by Crippen LogP contribution is -2.31. The molecular weight excluding hydrogens is 496 g/mol. The van der Waals surface area contributed by atoms with E-state index in [9.17, 15) is 19.8 Å². The van der Waals surface area contributed by atoms with E-state index in [1.807, 2.05) is 24.3 Å². The lowest BCUT2D eigenvalue weighted by atomic mass is 9.86. The van der Waals surface area contributed by atoms with Gasteiger partial charge in [0.1, 0.15) is 5.78 Å². The molecule has 5 nitrogen and oxygen atoms in total. The van der Waals surface area contributed by atoms with Crippen LogP contribution in [0.4, 0.5) is 0 Å². The largest absolute Gasteiger partial charge is 0.469 e. The van der Waals surface area contributed by atoms with Gasteiger partial charge in [-0.25, -0.2) is 0 Å². The van der Waals surface area contributed by atoms with Crippen molar-refractivity contribution in [2.24, 2.45) is 23.2 Å². The van der Waals surface area contributed by atoms with Crippen LogP contribution in [0.15, 0.2) is 46.9 Å². The Morgan fingerprint density at radius 3 is 2.75 bits per heavy atom. The number of aliphatic hydroxyl groups is 2. The Bertz CT molecular complexity index is 1100. The highest BCUT2D eigenvalue weighted by Crippen LogP contribution is 2.49. The van der Waals surface area contributed by atoms with Gasteiger partial charge in [-0.2, -0.15) is 0 Å². The number of benzene rings is 1. The molecule has 0 bridgehead atoms.